The topological polar surface area (TPSA) is 66.1 Å². The summed E-state index contributed by atoms with van der Waals surface area (Å²) in [6, 6.07) is 10.4. The van der Waals surface area contributed by atoms with Crippen LogP contribution in [-0.2, 0) is 11.3 Å². The quantitative estimate of drug-likeness (QED) is 0.779. The van der Waals surface area contributed by atoms with Crippen molar-refractivity contribution in [2.75, 3.05) is 12.4 Å². The first-order valence-corrected chi connectivity index (χ1v) is 8.50. The molecule has 0 amide bonds. The van der Waals surface area contributed by atoms with E-state index in [9.17, 15) is 14.8 Å². The van der Waals surface area contributed by atoms with Gasteiger partial charge in [0.05, 0.1) is 24.9 Å². The van der Waals surface area contributed by atoms with Crippen LogP contribution in [0.4, 0.5) is 4.39 Å². The van der Waals surface area contributed by atoms with E-state index in [1.165, 1.54) is 17.8 Å². The highest BCUT2D eigenvalue weighted by molar-refractivity contribution is 7.99. The number of aryl methyl sites for hydroxylation is 2. The lowest BCUT2D eigenvalue weighted by molar-refractivity contribution is 0.0387. The van der Waals surface area contributed by atoms with Gasteiger partial charge in [-0.05, 0) is 31.5 Å². The summed E-state index contributed by atoms with van der Waals surface area (Å²) in [5.74, 6) is 0.0291. The summed E-state index contributed by atoms with van der Waals surface area (Å²) in [6.45, 7) is 3.94. The van der Waals surface area contributed by atoms with Crippen molar-refractivity contribution in [2.45, 2.75) is 31.6 Å². The van der Waals surface area contributed by atoms with Gasteiger partial charge in [0, 0.05) is 17.0 Å². The normalized spacial score (nSPS) is 12.0. The number of nitriles is 1. The van der Waals surface area contributed by atoms with Crippen molar-refractivity contribution in [3.63, 3.8) is 0 Å². The van der Waals surface area contributed by atoms with Crippen molar-refractivity contribution in [1.29, 1.82) is 5.26 Å². The molecule has 2 rings (SSSR count). The lowest BCUT2D eigenvalue weighted by Gasteiger charge is -2.12. The summed E-state index contributed by atoms with van der Waals surface area (Å²) in [5, 5.41) is 19.8. The Hall–Kier alpha value is -1.94. The smallest absolute Gasteiger partial charge is 0.128 e. The number of thioether (sulfide) groups is 1. The van der Waals surface area contributed by atoms with E-state index in [0.717, 1.165) is 11.3 Å². The largest absolute Gasteiger partial charge is 0.390 e. The summed E-state index contributed by atoms with van der Waals surface area (Å²) in [7, 11) is 0. The molecule has 126 valence electrons. The second kappa shape index (κ2) is 8.78. The fourth-order valence-corrected chi connectivity index (χ4v) is 3.19. The highest BCUT2D eigenvalue weighted by Gasteiger charge is 2.12. The molecule has 0 aliphatic carbocycles. The first kappa shape index (κ1) is 18.4. The van der Waals surface area contributed by atoms with E-state index in [1.807, 2.05) is 19.9 Å². The fraction of sp³-hybridized carbons (Fsp3) is 0.333. The Kier molecular flexibility index (Phi) is 6.73. The molecule has 0 aliphatic heterocycles. The van der Waals surface area contributed by atoms with E-state index < -0.39 is 6.10 Å². The molecule has 0 aliphatic rings. The minimum atomic E-state index is -0.726. The van der Waals surface area contributed by atoms with Gasteiger partial charge in [0.2, 0.25) is 0 Å². The minimum absolute atomic E-state index is 0.0913. The van der Waals surface area contributed by atoms with Crippen molar-refractivity contribution >= 4 is 11.8 Å². The number of aliphatic hydroxyl groups is 1. The second-order valence-corrected chi connectivity index (χ2v) is 6.45. The van der Waals surface area contributed by atoms with Gasteiger partial charge in [0.1, 0.15) is 16.9 Å². The van der Waals surface area contributed by atoms with Crippen LogP contribution in [0.25, 0.3) is 0 Å². The Bertz CT molecular complexity index is 746. The maximum Gasteiger partial charge on any atom is 0.128 e. The molecule has 1 aromatic heterocycles. The van der Waals surface area contributed by atoms with Crippen molar-refractivity contribution in [3.8, 4) is 6.07 Å². The Balaban J connectivity index is 1.85. The molecule has 1 heterocycles. The lowest BCUT2D eigenvalue weighted by atomic mass is 10.1. The average Bonchev–Trinajstić information content (AvgIpc) is 2.54. The van der Waals surface area contributed by atoms with Gasteiger partial charge in [0.15, 0.2) is 0 Å². The van der Waals surface area contributed by atoms with Crippen molar-refractivity contribution < 1.29 is 14.2 Å². The van der Waals surface area contributed by atoms with Gasteiger partial charge in [-0.2, -0.15) is 5.26 Å². The van der Waals surface area contributed by atoms with Crippen LogP contribution in [0.3, 0.4) is 0 Å². The number of pyridine rings is 1. The number of halogens is 1. The van der Waals surface area contributed by atoms with Gasteiger partial charge in [-0.15, -0.1) is 11.8 Å². The third kappa shape index (κ3) is 5.03. The summed E-state index contributed by atoms with van der Waals surface area (Å²) < 4.78 is 18.8. The van der Waals surface area contributed by atoms with Gasteiger partial charge in [0.25, 0.3) is 0 Å². The first-order chi connectivity index (χ1) is 11.5. The highest BCUT2D eigenvalue weighted by atomic mass is 32.2. The number of hydrogen-bond acceptors (Lipinski definition) is 5. The summed E-state index contributed by atoms with van der Waals surface area (Å²) in [5.41, 5.74) is 2.70. The molecule has 6 heteroatoms. The molecule has 0 fully saturated rings. The highest BCUT2D eigenvalue weighted by Crippen LogP contribution is 2.24. The molecule has 0 saturated heterocycles. The molecular weight excluding hydrogens is 327 g/mol. The first-order valence-electron chi connectivity index (χ1n) is 7.51. The van der Waals surface area contributed by atoms with Crippen molar-refractivity contribution in [1.82, 2.24) is 4.98 Å². The zero-order chi connectivity index (χ0) is 17.5. The average molecular weight is 346 g/mol. The van der Waals surface area contributed by atoms with E-state index in [0.29, 0.717) is 21.9 Å². The van der Waals surface area contributed by atoms with Crippen LogP contribution in [0.1, 0.15) is 22.4 Å². The molecule has 0 spiro atoms. The fourth-order valence-electron chi connectivity index (χ4n) is 2.19. The predicted octanol–water partition coefficient (Wildman–Crippen LogP) is 3.38. The Labute approximate surface area is 145 Å². The van der Waals surface area contributed by atoms with Crippen LogP contribution in [-0.4, -0.2) is 28.6 Å². The molecule has 1 unspecified atom stereocenters. The molecule has 0 radical (unpaired) electrons. The monoisotopic (exact) mass is 346 g/mol. The van der Waals surface area contributed by atoms with Gasteiger partial charge >= 0.3 is 0 Å². The van der Waals surface area contributed by atoms with E-state index in [1.54, 1.807) is 18.2 Å². The SMILES string of the molecule is Cc1cc(C)c(C#N)c(SCC(O)COCc2ccccc2F)n1. The number of hydrogen-bond donors (Lipinski definition) is 1. The zero-order valence-corrected chi connectivity index (χ0v) is 14.4. The second-order valence-electron chi connectivity index (χ2n) is 5.44. The Morgan fingerprint density at radius 1 is 1.38 bits per heavy atom. The van der Waals surface area contributed by atoms with E-state index in [-0.39, 0.29) is 19.0 Å². The molecule has 2 aromatic rings. The maximum atomic E-state index is 13.5. The number of nitrogens with zero attached hydrogens (tertiary/aromatic N) is 2. The van der Waals surface area contributed by atoms with Crippen molar-refractivity contribution in [3.05, 3.63) is 58.5 Å². The van der Waals surface area contributed by atoms with Crippen LogP contribution >= 0.6 is 11.8 Å². The minimum Gasteiger partial charge on any atom is -0.390 e. The summed E-state index contributed by atoms with van der Waals surface area (Å²) >= 11 is 1.32. The predicted molar refractivity (Wildman–Crippen MR) is 91.2 cm³/mol. The molecule has 24 heavy (non-hydrogen) atoms. The summed E-state index contributed by atoms with van der Waals surface area (Å²) in [6.07, 6.45) is -0.726. The van der Waals surface area contributed by atoms with Gasteiger partial charge in [-0.1, -0.05) is 18.2 Å². The molecule has 4 nitrogen and oxygen atoms in total. The van der Waals surface area contributed by atoms with Crippen LogP contribution in [0, 0.1) is 31.0 Å². The molecule has 1 atom stereocenters. The third-order valence-corrected chi connectivity index (χ3v) is 4.48. The van der Waals surface area contributed by atoms with Crippen LogP contribution in [0.2, 0.25) is 0 Å². The van der Waals surface area contributed by atoms with Gasteiger partial charge < -0.3 is 9.84 Å². The maximum absolute atomic E-state index is 13.5. The standard InChI is InChI=1S/C18H19FN2O2S/c1-12-7-13(2)21-18(16(12)8-20)24-11-15(22)10-23-9-14-5-3-4-6-17(14)19/h3-7,15,22H,9-11H2,1-2H3. The number of aromatic nitrogens is 1. The zero-order valence-electron chi connectivity index (χ0n) is 13.6. The van der Waals surface area contributed by atoms with E-state index in [4.69, 9.17) is 4.74 Å². The number of rotatable bonds is 7. The molecule has 1 aromatic carbocycles. The van der Waals surface area contributed by atoms with Crippen LogP contribution in [0.15, 0.2) is 35.4 Å². The van der Waals surface area contributed by atoms with Crippen LogP contribution in [0.5, 0.6) is 0 Å². The molecule has 1 N–H and O–H groups in total. The van der Waals surface area contributed by atoms with E-state index in [2.05, 4.69) is 11.1 Å². The lowest BCUT2D eigenvalue weighted by Crippen LogP contribution is -2.18. The van der Waals surface area contributed by atoms with Gasteiger partial charge in [-0.3, -0.25) is 0 Å². The molecule has 0 bridgehead atoms. The Morgan fingerprint density at radius 3 is 2.83 bits per heavy atom. The van der Waals surface area contributed by atoms with Gasteiger partial charge in [-0.25, -0.2) is 9.37 Å². The number of aliphatic hydroxyl groups excluding tert-OH is 1. The third-order valence-electron chi connectivity index (χ3n) is 3.36. The van der Waals surface area contributed by atoms with Crippen molar-refractivity contribution in [2.24, 2.45) is 0 Å². The summed E-state index contributed by atoms with van der Waals surface area (Å²) in [4.78, 5) is 4.36. The Morgan fingerprint density at radius 2 is 2.12 bits per heavy atom. The number of benzene rings is 1. The van der Waals surface area contributed by atoms with E-state index >= 15 is 0 Å². The number of ether oxygens (including phenoxy) is 1. The van der Waals surface area contributed by atoms with Crippen LogP contribution < -0.4 is 0 Å². The molecular formula is C18H19FN2O2S. The molecule has 0 saturated carbocycles.